The van der Waals surface area contributed by atoms with E-state index in [0.717, 1.165) is 24.4 Å². The highest BCUT2D eigenvalue weighted by Crippen LogP contribution is 2.18. The van der Waals surface area contributed by atoms with Crippen molar-refractivity contribution in [1.29, 1.82) is 0 Å². The fraction of sp³-hybridized carbons (Fsp3) is 0.333. The maximum absolute atomic E-state index is 4.28. The van der Waals surface area contributed by atoms with Crippen LogP contribution in [-0.4, -0.2) is 14.6 Å². The minimum atomic E-state index is 0.166. The Morgan fingerprint density at radius 1 is 1.20 bits per heavy atom. The first kappa shape index (κ1) is 13.3. The van der Waals surface area contributed by atoms with Crippen LogP contribution < -0.4 is 5.32 Å². The van der Waals surface area contributed by atoms with Crippen molar-refractivity contribution in [3.05, 3.63) is 52.1 Å². The van der Waals surface area contributed by atoms with Crippen molar-refractivity contribution in [1.82, 2.24) is 19.9 Å². The number of nitrogens with zero attached hydrogens (tertiary/aromatic N) is 3. The molecule has 0 saturated carbocycles. The summed E-state index contributed by atoms with van der Waals surface area (Å²) in [6.45, 7) is 5.18. The van der Waals surface area contributed by atoms with Gasteiger partial charge in [-0.1, -0.05) is 13.0 Å². The van der Waals surface area contributed by atoms with E-state index in [0.29, 0.717) is 0 Å². The molecular formula is C15H18N4S. The first-order chi connectivity index (χ1) is 9.78. The van der Waals surface area contributed by atoms with Crippen LogP contribution in [0.4, 0.5) is 0 Å². The summed E-state index contributed by atoms with van der Waals surface area (Å²) in [5, 5.41) is 12.0. The molecule has 0 fully saturated rings. The predicted molar refractivity (Wildman–Crippen MR) is 81.9 cm³/mol. The second-order valence-electron chi connectivity index (χ2n) is 4.81. The summed E-state index contributed by atoms with van der Waals surface area (Å²) in [6.07, 6.45) is 3.11. The van der Waals surface area contributed by atoms with Gasteiger partial charge in [0.15, 0.2) is 11.5 Å². The maximum Gasteiger partial charge on any atom is 0.160 e. The second-order valence-corrected chi connectivity index (χ2v) is 6.06. The molecule has 0 saturated heterocycles. The second kappa shape index (κ2) is 5.73. The SMILES string of the molecule is CCc1ccc(CNC(C)c2nnc3ccccn23)s1. The standard InChI is InChI=1S/C15H18N4S/c1-3-12-7-8-13(20-12)10-16-11(2)15-18-17-14-6-4-5-9-19(14)15/h4-9,11,16H,3,10H2,1-2H3. The van der Waals surface area contributed by atoms with E-state index < -0.39 is 0 Å². The molecule has 4 nitrogen and oxygen atoms in total. The highest BCUT2D eigenvalue weighted by Gasteiger charge is 2.12. The lowest BCUT2D eigenvalue weighted by Crippen LogP contribution is -2.19. The van der Waals surface area contributed by atoms with Crippen LogP contribution in [0.25, 0.3) is 5.65 Å². The minimum absolute atomic E-state index is 0.166. The molecule has 0 spiro atoms. The molecule has 1 atom stereocenters. The van der Waals surface area contributed by atoms with E-state index in [4.69, 9.17) is 0 Å². The van der Waals surface area contributed by atoms with Crippen molar-refractivity contribution < 1.29 is 0 Å². The Balaban J connectivity index is 1.71. The topological polar surface area (TPSA) is 42.2 Å². The van der Waals surface area contributed by atoms with E-state index in [2.05, 4.69) is 41.5 Å². The zero-order chi connectivity index (χ0) is 13.9. The lowest BCUT2D eigenvalue weighted by Gasteiger charge is -2.11. The predicted octanol–water partition coefficient (Wildman–Crippen LogP) is 3.20. The molecule has 3 rings (SSSR count). The van der Waals surface area contributed by atoms with Crippen molar-refractivity contribution in [3.63, 3.8) is 0 Å². The molecule has 3 aromatic heterocycles. The van der Waals surface area contributed by atoms with Gasteiger partial charge in [0.2, 0.25) is 0 Å². The molecule has 0 aliphatic heterocycles. The Labute approximate surface area is 122 Å². The number of aryl methyl sites for hydroxylation is 1. The molecule has 0 aromatic carbocycles. The van der Waals surface area contributed by atoms with Crippen molar-refractivity contribution in [2.45, 2.75) is 32.9 Å². The quantitative estimate of drug-likeness (QED) is 0.783. The lowest BCUT2D eigenvalue weighted by molar-refractivity contribution is 0.545. The van der Waals surface area contributed by atoms with Crippen LogP contribution in [0.15, 0.2) is 36.5 Å². The smallest absolute Gasteiger partial charge is 0.160 e. The Bertz CT molecular complexity index is 701. The van der Waals surface area contributed by atoms with Gasteiger partial charge in [0.1, 0.15) is 0 Å². The molecule has 0 aliphatic rings. The molecule has 5 heteroatoms. The Kier molecular flexibility index (Phi) is 3.80. The normalized spacial score (nSPS) is 12.9. The number of hydrogen-bond donors (Lipinski definition) is 1. The summed E-state index contributed by atoms with van der Waals surface area (Å²) < 4.78 is 2.03. The van der Waals surface area contributed by atoms with Crippen LogP contribution in [0.3, 0.4) is 0 Å². The largest absolute Gasteiger partial charge is 0.303 e. The average Bonchev–Trinajstić information content (AvgIpc) is 3.11. The fourth-order valence-corrected chi connectivity index (χ4v) is 3.12. The van der Waals surface area contributed by atoms with E-state index in [9.17, 15) is 0 Å². The van der Waals surface area contributed by atoms with Crippen LogP contribution in [0.1, 0.15) is 35.5 Å². The van der Waals surface area contributed by atoms with Gasteiger partial charge in [-0.15, -0.1) is 21.5 Å². The van der Waals surface area contributed by atoms with Crippen LogP contribution in [0, 0.1) is 0 Å². The third-order valence-electron chi connectivity index (χ3n) is 3.38. The summed E-state index contributed by atoms with van der Waals surface area (Å²) in [6, 6.07) is 10.5. The number of thiophene rings is 1. The molecular weight excluding hydrogens is 268 g/mol. The molecule has 3 heterocycles. The molecule has 1 N–H and O–H groups in total. The van der Waals surface area contributed by atoms with Gasteiger partial charge in [-0.3, -0.25) is 4.40 Å². The summed E-state index contributed by atoms with van der Waals surface area (Å²) in [5.74, 6) is 0.952. The Hall–Kier alpha value is -1.72. The zero-order valence-electron chi connectivity index (χ0n) is 11.7. The van der Waals surface area contributed by atoms with Gasteiger partial charge in [-0.2, -0.15) is 0 Å². The van der Waals surface area contributed by atoms with Crippen molar-refractivity contribution in [3.8, 4) is 0 Å². The third-order valence-corrected chi connectivity index (χ3v) is 4.61. The molecule has 3 aromatic rings. The maximum atomic E-state index is 4.28. The van der Waals surface area contributed by atoms with Crippen LogP contribution >= 0.6 is 11.3 Å². The summed E-state index contributed by atoms with van der Waals surface area (Å²) in [7, 11) is 0. The molecule has 0 aliphatic carbocycles. The van der Waals surface area contributed by atoms with Gasteiger partial charge in [-0.25, -0.2) is 0 Å². The molecule has 104 valence electrons. The van der Waals surface area contributed by atoms with Gasteiger partial charge in [-0.05, 0) is 37.6 Å². The van der Waals surface area contributed by atoms with Gasteiger partial charge < -0.3 is 5.32 Å². The molecule has 1 unspecified atom stereocenters. The Morgan fingerprint density at radius 2 is 2.05 bits per heavy atom. The van der Waals surface area contributed by atoms with E-state index in [1.807, 2.05) is 40.1 Å². The first-order valence-electron chi connectivity index (χ1n) is 6.88. The van der Waals surface area contributed by atoms with Gasteiger partial charge in [0.05, 0.1) is 6.04 Å². The number of hydrogen-bond acceptors (Lipinski definition) is 4. The molecule has 0 bridgehead atoms. The monoisotopic (exact) mass is 286 g/mol. The fourth-order valence-electron chi connectivity index (χ4n) is 2.21. The summed E-state index contributed by atoms with van der Waals surface area (Å²) >= 11 is 1.87. The minimum Gasteiger partial charge on any atom is -0.303 e. The Morgan fingerprint density at radius 3 is 2.85 bits per heavy atom. The zero-order valence-corrected chi connectivity index (χ0v) is 12.5. The van der Waals surface area contributed by atoms with E-state index in [1.54, 1.807) is 0 Å². The van der Waals surface area contributed by atoms with Gasteiger partial charge >= 0.3 is 0 Å². The van der Waals surface area contributed by atoms with Crippen molar-refractivity contribution in [2.24, 2.45) is 0 Å². The number of fused-ring (bicyclic) bond motifs is 1. The average molecular weight is 286 g/mol. The lowest BCUT2D eigenvalue weighted by atomic mass is 10.3. The van der Waals surface area contributed by atoms with Crippen molar-refractivity contribution >= 4 is 17.0 Å². The van der Waals surface area contributed by atoms with Crippen LogP contribution in [0.2, 0.25) is 0 Å². The number of nitrogens with one attached hydrogen (secondary N) is 1. The van der Waals surface area contributed by atoms with Crippen molar-refractivity contribution in [2.75, 3.05) is 0 Å². The van der Waals surface area contributed by atoms with Crippen LogP contribution in [-0.2, 0) is 13.0 Å². The molecule has 0 amide bonds. The number of aromatic nitrogens is 3. The summed E-state index contributed by atoms with van der Waals surface area (Å²) in [5.41, 5.74) is 0.889. The van der Waals surface area contributed by atoms with Gasteiger partial charge in [0, 0.05) is 22.5 Å². The third kappa shape index (κ3) is 2.59. The van der Waals surface area contributed by atoms with Crippen LogP contribution in [0.5, 0.6) is 0 Å². The highest BCUT2D eigenvalue weighted by atomic mass is 32.1. The summed E-state index contributed by atoms with van der Waals surface area (Å²) in [4.78, 5) is 2.80. The van der Waals surface area contributed by atoms with E-state index in [-0.39, 0.29) is 6.04 Å². The number of rotatable bonds is 5. The molecule has 20 heavy (non-hydrogen) atoms. The van der Waals surface area contributed by atoms with E-state index in [1.165, 1.54) is 9.75 Å². The van der Waals surface area contributed by atoms with E-state index >= 15 is 0 Å². The van der Waals surface area contributed by atoms with Gasteiger partial charge in [0.25, 0.3) is 0 Å². The number of pyridine rings is 1. The first-order valence-corrected chi connectivity index (χ1v) is 7.70. The highest BCUT2D eigenvalue weighted by molar-refractivity contribution is 7.11. The molecule has 0 radical (unpaired) electrons.